The molecule has 1 aromatic heterocycles. The Labute approximate surface area is 116 Å². The lowest BCUT2D eigenvalue weighted by molar-refractivity contribution is 0.0697. The maximum atomic E-state index is 11.2. The van der Waals surface area contributed by atoms with Crippen LogP contribution in [0.3, 0.4) is 0 Å². The first-order chi connectivity index (χ1) is 9.63. The number of nitrogens with zero attached hydrogens (tertiary/aromatic N) is 1. The zero-order valence-corrected chi connectivity index (χ0v) is 10.8. The molecule has 0 fully saturated rings. The summed E-state index contributed by atoms with van der Waals surface area (Å²) in [5.41, 5.74) is 8.66. The fourth-order valence-electron chi connectivity index (χ4n) is 2.61. The standard InChI is InChI=1S/C15H15N3O2/c16-11-7-13(15(19)20)14(17-8-11)18-12-5-9-3-1-2-4-10(9)6-12/h1-4,7-8,12H,5-6,16H2,(H,17,18)(H,19,20). The number of aromatic carboxylic acids is 1. The fraction of sp³-hybridized carbons (Fsp3) is 0.200. The summed E-state index contributed by atoms with van der Waals surface area (Å²) in [6, 6.07) is 9.84. The number of nitrogen functional groups attached to an aromatic ring is 1. The van der Waals surface area contributed by atoms with Gasteiger partial charge in [0, 0.05) is 6.04 Å². The number of carboxylic acids is 1. The van der Waals surface area contributed by atoms with E-state index in [0.29, 0.717) is 11.5 Å². The molecule has 0 atom stereocenters. The first-order valence-electron chi connectivity index (χ1n) is 6.45. The monoisotopic (exact) mass is 269 g/mol. The lowest BCUT2D eigenvalue weighted by Gasteiger charge is -2.14. The van der Waals surface area contributed by atoms with Crippen LogP contribution in [0.15, 0.2) is 36.5 Å². The number of carboxylic acid groups (broad SMARTS) is 1. The van der Waals surface area contributed by atoms with Gasteiger partial charge in [0.15, 0.2) is 0 Å². The van der Waals surface area contributed by atoms with Gasteiger partial charge in [0.1, 0.15) is 11.4 Å². The van der Waals surface area contributed by atoms with Gasteiger partial charge in [0.05, 0.1) is 11.9 Å². The number of rotatable bonds is 3. The van der Waals surface area contributed by atoms with Crippen molar-refractivity contribution in [3.05, 3.63) is 53.2 Å². The first kappa shape index (κ1) is 12.5. The van der Waals surface area contributed by atoms with E-state index >= 15 is 0 Å². The molecule has 1 aromatic carbocycles. The van der Waals surface area contributed by atoms with Gasteiger partial charge in [-0.2, -0.15) is 0 Å². The van der Waals surface area contributed by atoms with Gasteiger partial charge in [-0.3, -0.25) is 0 Å². The minimum absolute atomic E-state index is 0.112. The molecular formula is C15H15N3O2. The van der Waals surface area contributed by atoms with Crippen molar-refractivity contribution in [3.63, 3.8) is 0 Å². The number of fused-ring (bicyclic) bond motifs is 1. The molecule has 0 amide bonds. The molecule has 0 saturated carbocycles. The normalized spacial score (nSPS) is 14.0. The van der Waals surface area contributed by atoms with Crippen LogP contribution < -0.4 is 11.1 Å². The van der Waals surface area contributed by atoms with Crippen molar-refractivity contribution < 1.29 is 9.90 Å². The summed E-state index contributed by atoms with van der Waals surface area (Å²) in [4.78, 5) is 15.3. The van der Waals surface area contributed by atoms with Gasteiger partial charge in [-0.15, -0.1) is 0 Å². The Balaban J connectivity index is 1.82. The number of aromatic nitrogens is 1. The second-order valence-corrected chi connectivity index (χ2v) is 4.99. The van der Waals surface area contributed by atoms with Crippen molar-refractivity contribution in [3.8, 4) is 0 Å². The van der Waals surface area contributed by atoms with Gasteiger partial charge in [-0.25, -0.2) is 9.78 Å². The highest BCUT2D eigenvalue weighted by Gasteiger charge is 2.23. The van der Waals surface area contributed by atoms with Gasteiger partial charge < -0.3 is 16.2 Å². The van der Waals surface area contributed by atoms with E-state index in [1.165, 1.54) is 23.4 Å². The molecule has 0 unspecified atom stereocenters. The Morgan fingerprint density at radius 3 is 2.55 bits per heavy atom. The highest BCUT2D eigenvalue weighted by Crippen LogP contribution is 2.25. The van der Waals surface area contributed by atoms with Crippen molar-refractivity contribution in [1.82, 2.24) is 4.98 Å². The van der Waals surface area contributed by atoms with Gasteiger partial charge in [0.2, 0.25) is 0 Å². The molecule has 0 spiro atoms. The third kappa shape index (κ3) is 2.30. The Morgan fingerprint density at radius 1 is 1.30 bits per heavy atom. The second kappa shape index (κ2) is 4.85. The van der Waals surface area contributed by atoms with Crippen LogP contribution in [0, 0.1) is 0 Å². The van der Waals surface area contributed by atoms with Gasteiger partial charge in [0.25, 0.3) is 0 Å². The third-order valence-electron chi connectivity index (χ3n) is 3.53. The number of nitrogens with two attached hydrogens (primary N) is 1. The predicted octanol–water partition coefficient (Wildman–Crippen LogP) is 1.94. The summed E-state index contributed by atoms with van der Waals surface area (Å²) in [6.45, 7) is 0. The maximum Gasteiger partial charge on any atom is 0.339 e. The molecule has 5 heteroatoms. The van der Waals surface area contributed by atoms with Crippen LogP contribution in [-0.4, -0.2) is 22.1 Å². The van der Waals surface area contributed by atoms with Gasteiger partial charge in [-0.05, 0) is 30.0 Å². The van der Waals surface area contributed by atoms with Gasteiger partial charge in [-0.1, -0.05) is 24.3 Å². The van der Waals surface area contributed by atoms with Crippen molar-refractivity contribution >= 4 is 17.5 Å². The second-order valence-electron chi connectivity index (χ2n) is 4.99. The van der Waals surface area contributed by atoms with E-state index in [0.717, 1.165) is 12.8 Å². The average Bonchev–Trinajstić information content (AvgIpc) is 2.82. The lowest BCUT2D eigenvalue weighted by atomic mass is 10.1. The van der Waals surface area contributed by atoms with E-state index in [1.54, 1.807) is 0 Å². The van der Waals surface area contributed by atoms with Crippen LogP contribution >= 0.6 is 0 Å². The van der Waals surface area contributed by atoms with E-state index in [4.69, 9.17) is 5.73 Å². The summed E-state index contributed by atoms with van der Waals surface area (Å²) < 4.78 is 0. The number of pyridine rings is 1. The molecule has 20 heavy (non-hydrogen) atoms. The summed E-state index contributed by atoms with van der Waals surface area (Å²) in [7, 11) is 0. The van der Waals surface area contributed by atoms with Crippen molar-refractivity contribution in [2.75, 3.05) is 11.1 Å². The summed E-state index contributed by atoms with van der Waals surface area (Å²) in [5, 5.41) is 12.4. The van der Waals surface area contributed by atoms with E-state index in [1.807, 2.05) is 12.1 Å². The van der Waals surface area contributed by atoms with E-state index in [-0.39, 0.29) is 11.6 Å². The minimum atomic E-state index is -1.03. The number of benzene rings is 1. The Kier molecular flexibility index (Phi) is 3.02. The fourth-order valence-corrected chi connectivity index (χ4v) is 2.61. The molecule has 0 saturated heterocycles. The van der Waals surface area contributed by atoms with E-state index < -0.39 is 5.97 Å². The molecule has 0 radical (unpaired) electrons. The van der Waals surface area contributed by atoms with E-state index in [9.17, 15) is 9.90 Å². The van der Waals surface area contributed by atoms with Crippen molar-refractivity contribution in [1.29, 1.82) is 0 Å². The first-order valence-corrected chi connectivity index (χ1v) is 6.45. The quantitative estimate of drug-likeness (QED) is 0.792. The molecule has 1 aliphatic carbocycles. The predicted molar refractivity (Wildman–Crippen MR) is 76.9 cm³/mol. The molecule has 2 aromatic rings. The molecule has 102 valence electrons. The molecule has 0 aliphatic heterocycles. The van der Waals surface area contributed by atoms with E-state index in [2.05, 4.69) is 22.4 Å². The van der Waals surface area contributed by atoms with Crippen LogP contribution in [-0.2, 0) is 12.8 Å². The highest BCUT2D eigenvalue weighted by molar-refractivity contribution is 5.94. The van der Waals surface area contributed by atoms with Crippen LogP contribution in [0.5, 0.6) is 0 Å². The molecule has 1 aliphatic rings. The number of hydrogen-bond donors (Lipinski definition) is 3. The lowest BCUT2D eigenvalue weighted by Crippen LogP contribution is -2.22. The molecule has 0 bridgehead atoms. The summed E-state index contributed by atoms with van der Waals surface area (Å²) >= 11 is 0. The number of nitrogens with one attached hydrogen (secondary N) is 1. The van der Waals surface area contributed by atoms with Crippen LogP contribution in [0.4, 0.5) is 11.5 Å². The largest absolute Gasteiger partial charge is 0.478 e. The zero-order chi connectivity index (χ0) is 14.1. The summed E-state index contributed by atoms with van der Waals surface area (Å²) in [5.74, 6) is -0.646. The van der Waals surface area contributed by atoms with Crippen LogP contribution in [0.1, 0.15) is 21.5 Å². The average molecular weight is 269 g/mol. The highest BCUT2D eigenvalue weighted by atomic mass is 16.4. The Morgan fingerprint density at radius 2 is 1.95 bits per heavy atom. The van der Waals surface area contributed by atoms with Crippen molar-refractivity contribution in [2.24, 2.45) is 0 Å². The SMILES string of the molecule is Nc1cnc(NC2Cc3ccccc3C2)c(C(=O)O)c1. The Hall–Kier alpha value is -2.56. The van der Waals surface area contributed by atoms with Crippen LogP contribution in [0.2, 0.25) is 0 Å². The molecular weight excluding hydrogens is 254 g/mol. The topological polar surface area (TPSA) is 88.2 Å². The number of hydrogen-bond acceptors (Lipinski definition) is 4. The number of carbonyl (C=O) groups is 1. The minimum Gasteiger partial charge on any atom is -0.478 e. The summed E-state index contributed by atoms with van der Waals surface area (Å²) in [6.07, 6.45) is 3.22. The smallest absolute Gasteiger partial charge is 0.339 e. The Bertz CT molecular complexity index is 645. The third-order valence-corrected chi connectivity index (χ3v) is 3.53. The van der Waals surface area contributed by atoms with Gasteiger partial charge >= 0.3 is 5.97 Å². The number of anilines is 2. The van der Waals surface area contributed by atoms with Crippen molar-refractivity contribution in [2.45, 2.75) is 18.9 Å². The molecule has 3 rings (SSSR count). The maximum absolute atomic E-state index is 11.2. The van der Waals surface area contributed by atoms with Crippen LogP contribution in [0.25, 0.3) is 0 Å². The molecule has 1 heterocycles. The molecule has 5 nitrogen and oxygen atoms in total. The zero-order valence-electron chi connectivity index (χ0n) is 10.8. The molecule has 4 N–H and O–H groups in total.